The van der Waals surface area contributed by atoms with E-state index < -0.39 is 6.29 Å². The van der Waals surface area contributed by atoms with E-state index in [1.54, 1.807) is 6.61 Å². The monoisotopic (exact) mass is 234 g/mol. The average molecular weight is 234 g/mol. The van der Waals surface area contributed by atoms with Gasteiger partial charge in [0, 0.05) is 0 Å². The van der Waals surface area contributed by atoms with E-state index in [-0.39, 0.29) is 68.9 Å². The molecule has 1 rings (SSSR count). The summed E-state index contributed by atoms with van der Waals surface area (Å²) in [5, 5.41) is 8.65. The summed E-state index contributed by atoms with van der Waals surface area (Å²) in [6.07, 6.45) is 0.218. The van der Waals surface area contributed by atoms with Gasteiger partial charge in [-0.25, -0.2) is 6.61 Å². The first-order valence-corrected chi connectivity index (χ1v) is 2.46. The maximum Gasteiger partial charge on any atom is 1.00 e. The molecule has 8 heavy (non-hydrogen) atoms. The second kappa shape index (κ2) is 4.74. The Hall–Kier alpha value is 1.97. The Morgan fingerprint density at radius 3 is 2.50 bits per heavy atom. The van der Waals surface area contributed by atoms with Crippen LogP contribution in [0.2, 0.25) is 0 Å². The third-order valence-electron chi connectivity index (χ3n) is 1.04. The van der Waals surface area contributed by atoms with Gasteiger partial charge in [-0.15, -0.1) is 5.92 Å². The van der Waals surface area contributed by atoms with Gasteiger partial charge in [0.25, 0.3) is 0 Å². The average Bonchev–Trinajstić information content (AvgIpc) is 1.87. The molecule has 0 spiro atoms. The molecule has 0 aliphatic carbocycles. The zero-order valence-electron chi connectivity index (χ0n) is 5.29. The summed E-state index contributed by atoms with van der Waals surface area (Å²) >= 11 is 0. The molecule has 1 heterocycles. The molecule has 1 aliphatic heterocycles. The molecule has 0 bridgehead atoms. The first kappa shape index (κ1) is 9.97. The Morgan fingerprint density at radius 2 is 2.38 bits per heavy atom. The van der Waals surface area contributed by atoms with Gasteiger partial charge in [-0.3, -0.25) is 0 Å². The van der Waals surface area contributed by atoms with Crippen molar-refractivity contribution in [3.63, 3.8) is 0 Å². The molecule has 2 nitrogen and oxygen atoms in total. The fourth-order valence-electron chi connectivity index (χ4n) is 0.654. The van der Waals surface area contributed by atoms with E-state index in [1.807, 2.05) is 6.92 Å². The number of aliphatic hydroxyl groups excluding tert-OH is 1. The molecule has 1 fully saturated rings. The Labute approximate surface area is 108 Å². The Morgan fingerprint density at radius 1 is 1.75 bits per heavy atom. The molecule has 0 radical (unpaired) electrons. The molecule has 1 saturated heterocycles. The fraction of sp³-hybridized carbons (Fsp3) is 0.800. The predicted octanol–water partition coefficient (Wildman–Crippen LogP) is -2.47. The smallest absolute Gasteiger partial charge is 0.530 e. The minimum Gasteiger partial charge on any atom is -0.530 e. The maximum atomic E-state index is 8.65. The molecule has 0 amide bonds. The van der Waals surface area contributed by atoms with Crippen LogP contribution in [0.15, 0.2) is 0 Å². The van der Waals surface area contributed by atoms with E-state index in [0.29, 0.717) is 5.92 Å². The van der Waals surface area contributed by atoms with Crippen LogP contribution in [0.1, 0.15) is 13.3 Å². The van der Waals surface area contributed by atoms with Gasteiger partial charge in [0.1, 0.15) is 6.29 Å². The van der Waals surface area contributed by atoms with Crippen molar-refractivity contribution < 1.29 is 78.7 Å². The summed E-state index contributed by atoms with van der Waals surface area (Å²) < 4.78 is 4.70. The summed E-state index contributed by atoms with van der Waals surface area (Å²) in [6.45, 7) is 3.68. The van der Waals surface area contributed by atoms with E-state index in [1.165, 1.54) is 0 Å². The van der Waals surface area contributed by atoms with Gasteiger partial charge in [-0.05, 0) is 6.42 Å². The van der Waals surface area contributed by atoms with Gasteiger partial charge in [0.2, 0.25) is 0 Å². The van der Waals surface area contributed by atoms with Crippen LogP contribution in [0.5, 0.6) is 0 Å². The molecule has 42 valence electrons. The molecule has 0 aromatic rings. The van der Waals surface area contributed by atoms with Gasteiger partial charge in [0.05, 0.1) is 0 Å². The van der Waals surface area contributed by atoms with E-state index in [2.05, 4.69) is 0 Å². The van der Waals surface area contributed by atoms with Crippen molar-refractivity contribution in [1.29, 1.82) is 0 Å². The third kappa shape index (κ3) is 3.22. The first-order chi connectivity index (χ1) is 3.29. The number of aliphatic hydroxyl groups is 1. The summed E-state index contributed by atoms with van der Waals surface area (Å²) in [6, 6.07) is 0. The van der Waals surface area contributed by atoms with Gasteiger partial charge in [-0.2, -0.15) is 0 Å². The molecular formula is C5H9CsO2. The minimum atomic E-state index is -0.532. The normalized spacial score (nSPS) is 36.8. The van der Waals surface area contributed by atoms with Crippen molar-refractivity contribution in [1.82, 2.24) is 0 Å². The summed E-state index contributed by atoms with van der Waals surface area (Å²) in [4.78, 5) is 0. The fourth-order valence-corrected chi connectivity index (χ4v) is 0.654. The second-order valence-electron chi connectivity index (χ2n) is 1.94. The van der Waals surface area contributed by atoms with Crippen LogP contribution in [-0.4, -0.2) is 11.4 Å². The van der Waals surface area contributed by atoms with Crippen LogP contribution in [0.3, 0.4) is 0 Å². The summed E-state index contributed by atoms with van der Waals surface area (Å²) in [5.74, 6) is 0.426. The molecule has 0 aromatic heterocycles. The molecule has 3 heteroatoms. The zero-order chi connectivity index (χ0) is 5.28. The SMILES string of the molecule is C[C@H]1[CH-]OC(O)C1.[Cs+]. The standard InChI is InChI=1S/C5H9O2.Cs/c1-4-2-5(6)7-3-4;/h3-6H,2H2,1H3;/q-1;+1/t4-,5?;/m1./s1. The molecule has 1 aliphatic rings. The molecule has 0 aromatic carbocycles. The van der Waals surface area contributed by atoms with Crippen LogP contribution in [0, 0.1) is 12.5 Å². The molecule has 0 saturated carbocycles. The number of rotatable bonds is 0. The van der Waals surface area contributed by atoms with Crippen LogP contribution in [-0.2, 0) is 4.74 Å². The van der Waals surface area contributed by atoms with Crippen molar-refractivity contribution in [3.05, 3.63) is 6.61 Å². The summed E-state index contributed by atoms with van der Waals surface area (Å²) in [7, 11) is 0. The van der Waals surface area contributed by atoms with Crippen LogP contribution < -0.4 is 68.9 Å². The summed E-state index contributed by atoms with van der Waals surface area (Å²) in [5.41, 5.74) is 0. The number of ether oxygens (including phenoxy) is 1. The van der Waals surface area contributed by atoms with E-state index in [0.717, 1.165) is 6.42 Å². The van der Waals surface area contributed by atoms with Crippen LogP contribution in [0.4, 0.5) is 0 Å². The molecular weight excluding hydrogens is 225 g/mol. The van der Waals surface area contributed by atoms with Crippen molar-refractivity contribution in [2.24, 2.45) is 5.92 Å². The number of hydrogen-bond acceptors (Lipinski definition) is 2. The van der Waals surface area contributed by atoms with Crippen molar-refractivity contribution in [2.45, 2.75) is 19.6 Å². The maximum absolute atomic E-state index is 8.65. The third-order valence-corrected chi connectivity index (χ3v) is 1.04. The minimum absolute atomic E-state index is 0. The van der Waals surface area contributed by atoms with Gasteiger partial charge in [-0.1, -0.05) is 6.92 Å². The van der Waals surface area contributed by atoms with E-state index in [9.17, 15) is 0 Å². The van der Waals surface area contributed by atoms with Gasteiger partial charge >= 0.3 is 68.9 Å². The van der Waals surface area contributed by atoms with E-state index >= 15 is 0 Å². The largest absolute Gasteiger partial charge is 1.00 e. The topological polar surface area (TPSA) is 29.5 Å². The van der Waals surface area contributed by atoms with Gasteiger partial charge in [0.15, 0.2) is 0 Å². The van der Waals surface area contributed by atoms with Crippen molar-refractivity contribution in [2.75, 3.05) is 0 Å². The van der Waals surface area contributed by atoms with Crippen LogP contribution in [0.25, 0.3) is 0 Å². The quantitative estimate of drug-likeness (QED) is 0.470. The van der Waals surface area contributed by atoms with Gasteiger partial charge < -0.3 is 9.84 Å². The van der Waals surface area contributed by atoms with Crippen molar-refractivity contribution in [3.8, 4) is 0 Å². The number of hydrogen-bond donors (Lipinski definition) is 1. The Kier molecular flexibility index (Phi) is 5.90. The van der Waals surface area contributed by atoms with Crippen LogP contribution >= 0.6 is 0 Å². The molecule has 1 unspecified atom stereocenters. The molecule has 1 N–H and O–H groups in total. The Bertz CT molecular complexity index is 59.4. The predicted molar refractivity (Wildman–Crippen MR) is 25.2 cm³/mol. The van der Waals surface area contributed by atoms with Crippen molar-refractivity contribution >= 4 is 0 Å². The Balaban J connectivity index is 0.000000490. The second-order valence-corrected chi connectivity index (χ2v) is 1.94. The first-order valence-electron chi connectivity index (χ1n) is 2.46. The molecule has 2 atom stereocenters. The van der Waals surface area contributed by atoms with E-state index in [4.69, 9.17) is 9.84 Å². The zero-order valence-corrected chi connectivity index (χ0v) is 11.6.